The molecule has 2 aliphatic rings. The molecule has 3 nitrogen and oxygen atoms in total. The van der Waals surface area contributed by atoms with E-state index in [0.29, 0.717) is 19.5 Å². The van der Waals surface area contributed by atoms with Crippen molar-refractivity contribution < 1.29 is 13.6 Å². The summed E-state index contributed by atoms with van der Waals surface area (Å²) < 4.78 is 28.3. The van der Waals surface area contributed by atoms with Crippen molar-refractivity contribution in [3.63, 3.8) is 0 Å². The van der Waals surface area contributed by atoms with Gasteiger partial charge < -0.3 is 10.2 Å². The summed E-state index contributed by atoms with van der Waals surface area (Å²) in [4.78, 5) is 13.7. The Morgan fingerprint density at radius 1 is 1.23 bits per heavy atom. The fraction of sp³-hybridized carbons (Fsp3) is 0.471. The number of hydrogen-bond donors (Lipinski definition) is 1. The minimum absolute atomic E-state index is 0.0224. The molecule has 1 heterocycles. The lowest BCUT2D eigenvalue weighted by Gasteiger charge is -2.20. The maximum atomic E-state index is 14.2. The van der Waals surface area contributed by atoms with Crippen LogP contribution in [-0.2, 0) is 4.79 Å². The van der Waals surface area contributed by atoms with Gasteiger partial charge in [0.15, 0.2) is 11.6 Å². The van der Waals surface area contributed by atoms with Gasteiger partial charge in [0.05, 0.1) is 0 Å². The van der Waals surface area contributed by atoms with Crippen LogP contribution in [0.4, 0.5) is 20.2 Å². The lowest BCUT2D eigenvalue weighted by atomic mass is 10.1. The monoisotopic (exact) mass is 306 g/mol. The fourth-order valence-corrected chi connectivity index (χ4v) is 3.20. The SMILES string of the molecule is O=C(C[C@@H]1C=CCC1)Nc1cc(F)c(N2CCCC2)c(F)c1. The van der Waals surface area contributed by atoms with Crippen LogP contribution < -0.4 is 10.2 Å². The summed E-state index contributed by atoms with van der Waals surface area (Å²) >= 11 is 0. The first-order valence-corrected chi connectivity index (χ1v) is 7.84. The van der Waals surface area contributed by atoms with E-state index in [2.05, 4.69) is 11.4 Å². The molecule has 0 radical (unpaired) electrons. The van der Waals surface area contributed by atoms with Gasteiger partial charge in [-0.1, -0.05) is 12.2 Å². The van der Waals surface area contributed by atoms with E-state index in [9.17, 15) is 13.6 Å². The summed E-state index contributed by atoms with van der Waals surface area (Å²) in [7, 11) is 0. The number of benzene rings is 1. The third-order valence-electron chi connectivity index (χ3n) is 4.28. The second-order valence-corrected chi connectivity index (χ2v) is 6.00. The van der Waals surface area contributed by atoms with Crippen LogP contribution >= 0.6 is 0 Å². The number of allylic oxidation sites excluding steroid dienone is 2. The molecule has 1 fully saturated rings. The number of carbonyl (C=O) groups excluding carboxylic acids is 1. The number of anilines is 2. The van der Waals surface area contributed by atoms with E-state index in [0.717, 1.165) is 25.7 Å². The molecule has 22 heavy (non-hydrogen) atoms. The van der Waals surface area contributed by atoms with Crippen molar-refractivity contribution in [2.75, 3.05) is 23.3 Å². The maximum Gasteiger partial charge on any atom is 0.224 e. The Labute approximate surface area is 129 Å². The minimum Gasteiger partial charge on any atom is -0.367 e. The second kappa shape index (κ2) is 6.46. The van der Waals surface area contributed by atoms with Crippen molar-refractivity contribution in [1.29, 1.82) is 0 Å². The first-order valence-electron chi connectivity index (χ1n) is 7.84. The van der Waals surface area contributed by atoms with Crippen molar-refractivity contribution >= 4 is 17.3 Å². The number of hydrogen-bond acceptors (Lipinski definition) is 2. The molecule has 3 rings (SSSR count). The average Bonchev–Trinajstić information content (AvgIpc) is 3.11. The number of halogens is 2. The van der Waals surface area contributed by atoms with E-state index in [1.807, 2.05) is 6.08 Å². The highest BCUT2D eigenvalue weighted by atomic mass is 19.1. The number of rotatable bonds is 4. The molecule has 0 unspecified atom stereocenters. The topological polar surface area (TPSA) is 32.3 Å². The molecule has 1 aromatic rings. The molecule has 1 aliphatic heterocycles. The van der Waals surface area contributed by atoms with E-state index in [-0.39, 0.29) is 23.2 Å². The molecule has 1 saturated heterocycles. The molecule has 5 heteroatoms. The molecular formula is C17H20F2N2O. The zero-order chi connectivity index (χ0) is 15.5. The number of nitrogens with zero attached hydrogens (tertiary/aromatic N) is 1. The first kappa shape index (κ1) is 15.0. The standard InChI is InChI=1S/C17H20F2N2O/c18-14-10-13(20-16(22)9-12-5-1-2-6-12)11-15(19)17(14)21-7-3-4-8-21/h1,5,10-12H,2-4,6-9H2,(H,20,22)/t12-/m1/s1. The van der Waals surface area contributed by atoms with Crippen LogP contribution in [0.5, 0.6) is 0 Å². The van der Waals surface area contributed by atoms with Gasteiger partial charge in [0, 0.05) is 25.2 Å². The molecule has 1 aromatic carbocycles. The quantitative estimate of drug-likeness (QED) is 0.857. The van der Waals surface area contributed by atoms with E-state index < -0.39 is 11.6 Å². The maximum absolute atomic E-state index is 14.2. The molecule has 1 N–H and O–H groups in total. The van der Waals surface area contributed by atoms with Gasteiger partial charge in [-0.3, -0.25) is 4.79 Å². The molecule has 1 atom stereocenters. The highest BCUT2D eigenvalue weighted by Gasteiger charge is 2.22. The molecule has 118 valence electrons. The average molecular weight is 306 g/mol. The van der Waals surface area contributed by atoms with Crippen LogP contribution in [-0.4, -0.2) is 19.0 Å². The van der Waals surface area contributed by atoms with Crippen molar-refractivity contribution in [3.8, 4) is 0 Å². The molecule has 1 amide bonds. The van der Waals surface area contributed by atoms with Crippen LogP contribution in [0.1, 0.15) is 32.1 Å². The van der Waals surface area contributed by atoms with Gasteiger partial charge in [-0.25, -0.2) is 8.78 Å². The van der Waals surface area contributed by atoms with E-state index >= 15 is 0 Å². The smallest absolute Gasteiger partial charge is 0.224 e. The van der Waals surface area contributed by atoms with Gasteiger partial charge in [-0.15, -0.1) is 0 Å². The predicted octanol–water partition coefficient (Wildman–Crippen LogP) is 3.86. The number of carbonyl (C=O) groups is 1. The van der Waals surface area contributed by atoms with Crippen molar-refractivity contribution in [1.82, 2.24) is 0 Å². The van der Waals surface area contributed by atoms with E-state index in [1.165, 1.54) is 12.1 Å². The zero-order valence-electron chi connectivity index (χ0n) is 12.4. The summed E-state index contributed by atoms with van der Waals surface area (Å²) in [6.45, 7) is 1.35. The molecule has 0 aromatic heterocycles. The second-order valence-electron chi connectivity index (χ2n) is 6.00. The summed E-state index contributed by atoms with van der Waals surface area (Å²) in [5.74, 6) is -1.20. The van der Waals surface area contributed by atoms with Crippen molar-refractivity contribution in [2.24, 2.45) is 5.92 Å². The van der Waals surface area contributed by atoms with Crippen molar-refractivity contribution in [2.45, 2.75) is 32.1 Å². The Hall–Kier alpha value is -1.91. The normalized spacial score (nSPS) is 20.6. The highest BCUT2D eigenvalue weighted by molar-refractivity contribution is 5.91. The van der Waals surface area contributed by atoms with Crippen molar-refractivity contribution in [3.05, 3.63) is 35.9 Å². The zero-order valence-corrected chi connectivity index (χ0v) is 12.4. The van der Waals surface area contributed by atoms with Crippen LogP contribution in [0, 0.1) is 17.6 Å². The Morgan fingerprint density at radius 2 is 1.91 bits per heavy atom. The summed E-state index contributed by atoms with van der Waals surface area (Å²) in [6.07, 6.45) is 8.29. The van der Waals surface area contributed by atoms with Crippen LogP contribution in [0.2, 0.25) is 0 Å². The summed E-state index contributed by atoms with van der Waals surface area (Å²) in [5.41, 5.74) is 0.208. The van der Waals surface area contributed by atoms with Gasteiger partial charge in [0.2, 0.25) is 5.91 Å². The lowest BCUT2D eigenvalue weighted by Crippen LogP contribution is -2.21. The van der Waals surface area contributed by atoms with Crippen LogP contribution in [0.3, 0.4) is 0 Å². The predicted molar refractivity (Wildman–Crippen MR) is 82.9 cm³/mol. The Bertz CT molecular complexity index is 571. The van der Waals surface area contributed by atoms with Gasteiger partial charge in [-0.05, 0) is 43.7 Å². The number of nitrogens with one attached hydrogen (secondary N) is 1. The van der Waals surface area contributed by atoms with Gasteiger partial charge >= 0.3 is 0 Å². The lowest BCUT2D eigenvalue weighted by molar-refractivity contribution is -0.116. The Morgan fingerprint density at radius 3 is 2.50 bits per heavy atom. The first-order chi connectivity index (χ1) is 10.6. The minimum atomic E-state index is -0.613. The molecular weight excluding hydrogens is 286 g/mol. The fourth-order valence-electron chi connectivity index (χ4n) is 3.20. The van der Waals surface area contributed by atoms with E-state index in [1.54, 1.807) is 4.90 Å². The molecule has 0 bridgehead atoms. The molecule has 0 spiro atoms. The Kier molecular flexibility index (Phi) is 4.41. The molecule has 0 saturated carbocycles. The third-order valence-corrected chi connectivity index (χ3v) is 4.28. The van der Waals surface area contributed by atoms with Crippen LogP contribution in [0.15, 0.2) is 24.3 Å². The van der Waals surface area contributed by atoms with Gasteiger partial charge in [-0.2, -0.15) is 0 Å². The van der Waals surface area contributed by atoms with Gasteiger partial charge in [0.25, 0.3) is 0 Å². The Balaban J connectivity index is 1.69. The number of amides is 1. The highest BCUT2D eigenvalue weighted by Crippen LogP contribution is 2.30. The largest absolute Gasteiger partial charge is 0.367 e. The van der Waals surface area contributed by atoms with E-state index in [4.69, 9.17) is 0 Å². The molecule has 1 aliphatic carbocycles. The van der Waals surface area contributed by atoms with Crippen LogP contribution in [0.25, 0.3) is 0 Å². The van der Waals surface area contributed by atoms with Gasteiger partial charge in [0.1, 0.15) is 5.69 Å². The third kappa shape index (κ3) is 3.29. The summed E-state index contributed by atoms with van der Waals surface area (Å²) in [5, 5.41) is 2.60. The summed E-state index contributed by atoms with van der Waals surface area (Å²) in [6, 6.07) is 2.41.